The number of fused-ring (bicyclic) bond motifs is 2. The number of guanidine groups is 1. The van der Waals surface area contributed by atoms with Gasteiger partial charge in [-0.2, -0.15) is 0 Å². The van der Waals surface area contributed by atoms with Gasteiger partial charge in [0.15, 0.2) is 11.5 Å². The number of nitrogens with two attached hydrogens (primary N) is 1. The zero-order valence-corrected chi connectivity index (χ0v) is 17.5. The zero-order valence-electron chi connectivity index (χ0n) is 16.7. The Morgan fingerprint density at radius 3 is 2.46 bits per heavy atom. The first-order valence-corrected chi connectivity index (χ1v) is 9.79. The third-order valence-electron chi connectivity index (χ3n) is 4.61. The van der Waals surface area contributed by atoms with Crippen LogP contribution in [0.25, 0.3) is 11.1 Å². The summed E-state index contributed by atoms with van der Waals surface area (Å²) in [5, 5.41) is 0.662. The fraction of sp³-hybridized carbons (Fsp3) is 0.364. The number of aliphatic imine (C=N–C) groups is 1. The van der Waals surface area contributed by atoms with E-state index in [0.29, 0.717) is 23.8 Å². The van der Waals surface area contributed by atoms with Crippen LogP contribution in [0.2, 0.25) is 5.02 Å². The fourth-order valence-corrected chi connectivity index (χ4v) is 3.50. The van der Waals surface area contributed by atoms with E-state index in [-0.39, 0.29) is 11.9 Å². The van der Waals surface area contributed by atoms with E-state index in [1.165, 1.54) is 4.90 Å². The molecule has 0 saturated carbocycles. The molecule has 0 fully saturated rings. The molecule has 0 unspecified atom stereocenters. The topological polar surface area (TPSA) is 67.9 Å². The van der Waals surface area contributed by atoms with Crippen molar-refractivity contribution in [2.45, 2.75) is 32.7 Å². The van der Waals surface area contributed by atoms with E-state index in [2.05, 4.69) is 25.8 Å². The van der Waals surface area contributed by atoms with E-state index in [1.807, 2.05) is 42.5 Å². The second-order valence-corrected chi connectivity index (χ2v) is 8.18. The molecule has 2 aromatic rings. The van der Waals surface area contributed by atoms with Crippen LogP contribution in [0.4, 0.5) is 0 Å². The fourth-order valence-electron chi connectivity index (χ4n) is 3.31. The number of likely N-dealkylation sites (N-methyl/N-ethyl adjacent to an activating group) is 1. The van der Waals surface area contributed by atoms with Gasteiger partial charge in [-0.1, -0.05) is 50.6 Å². The van der Waals surface area contributed by atoms with Crippen molar-refractivity contribution in [2.75, 3.05) is 13.7 Å². The highest BCUT2D eigenvalue weighted by Gasteiger charge is 2.51. The number of ether oxygens (including phenoxy) is 1. The Morgan fingerprint density at radius 1 is 1.18 bits per heavy atom. The molecule has 0 bridgehead atoms. The Hall–Kier alpha value is -2.53. The molecular formula is C22H26ClN3O2. The molecule has 148 valence electrons. The summed E-state index contributed by atoms with van der Waals surface area (Å²) >= 11 is 6.10. The first-order valence-electron chi connectivity index (χ1n) is 9.41. The third-order valence-corrected chi connectivity index (χ3v) is 4.85. The Kier molecular flexibility index (Phi) is 5.66. The number of benzene rings is 2. The maximum atomic E-state index is 12.8. The van der Waals surface area contributed by atoms with Crippen LogP contribution in [-0.2, 0) is 10.3 Å². The number of carbonyl (C=O) groups is 1. The van der Waals surface area contributed by atoms with Gasteiger partial charge in [-0.05, 0) is 41.3 Å². The average molecular weight is 400 g/mol. The lowest BCUT2D eigenvalue weighted by Gasteiger charge is -2.32. The summed E-state index contributed by atoms with van der Waals surface area (Å²) in [4.78, 5) is 18.7. The first-order chi connectivity index (χ1) is 13.2. The Balaban J connectivity index is 0.000000516. The van der Waals surface area contributed by atoms with E-state index < -0.39 is 5.54 Å². The van der Waals surface area contributed by atoms with Gasteiger partial charge in [-0.3, -0.25) is 9.69 Å². The summed E-state index contributed by atoms with van der Waals surface area (Å²) < 4.78 is 5.74. The highest BCUT2D eigenvalue weighted by molar-refractivity contribution is 6.30. The Labute approximate surface area is 171 Å². The van der Waals surface area contributed by atoms with Gasteiger partial charge < -0.3 is 10.5 Å². The van der Waals surface area contributed by atoms with Gasteiger partial charge in [-0.25, -0.2) is 4.99 Å². The minimum absolute atomic E-state index is 0.118. The summed E-state index contributed by atoms with van der Waals surface area (Å²) in [5.41, 5.74) is 7.59. The highest BCUT2D eigenvalue weighted by atomic mass is 35.5. The van der Waals surface area contributed by atoms with Crippen LogP contribution in [0.3, 0.4) is 0 Å². The predicted octanol–water partition coefficient (Wildman–Crippen LogP) is 4.43. The van der Waals surface area contributed by atoms with Gasteiger partial charge in [0.1, 0.15) is 5.75 Å². The number of carbonyl (C=O) groups excluding carboxylic acids is 1. The molecule has 2 aromatic carbocycles. The second-order valence-electron chi connectivity index (χ2n) is 7.75. The molecule has 5 nitrogen and oxygen atoms in total. The molecule has 0 aromatic heterocycles. The van der Waals surface area contributed by atoms with Crippen molar-refractivity contribution in [2.24, 2.45) is 16.6 Å². The van der Waals surface area contributed by atoms with Gasteiger partial charge in [0, 0.05) is 24.1 Å². The van der Waals surface area contributed by atoms with Crippen molar-refractivity contribution in [1.82, 2.24) is 4.90 Å². The summed E-state index contributed by atoms with van der Waals surface area (Å²) in [6.45, 7) is 6.93. The van der Waals surface area contributed by atoms with E-state index >= 15 is 0 Å². The number of nitrogens with zero attached hydrogens (tertiary/aromatic N) is 2. The zero-order chi connectivity index (χ0) is 20.5. The lowest BCUT2D eigenvalue weighted by atomic mass is 9.83. The van der Waals surface area contributed by atoms with Crippen LogP contribution >= 0.6 is 11.6 Å². The first kappa shape index (κ1) is 20.2. The largest absolute Gasteiger partial charge is 0.493 e. The van der Waals surface area contributed by atoms with Gasteiger partial charge in [-0.15, -0.1) is 0 Å². The number of halogens is 1. The van der Waals surface area contributed by atoms with Gasteiger partial charge in [0.05, 0.1) is 6.61 Å². The summed E-state index contributed by atoms with van der Waals surface area (Å²) in [5.74, 6) is 1.63. The molecule has 1 amide bonds. The quantitative estimate of drug-likeness (QED) is 0.771. The molecule has 6 heteroatoms. The molecule has 0 saturated heterocycles. The van der Waals surface area contributed by atoms with Crippen molar-refractivity contribution in [3.05, 3.63) is 53.1 Å². The lowest BCUT2D eigenvalue weighted by Crippen LogP contribution is -2.42. The van der Waals surface area contributed by atoms with Gasteiger partial charge in [0.2, 0.25) is 0 Å². The average Bonchev–Trinajstić information content (AvgIpc) is 2.86. The number of hydrogen-bond donors (Lipinski definition) is 1. The van der Waals surface area contributed by atoms with Crippen LogP contribution in [0, 0.1) is 5.92 Å². The summed E-state index contributed by atoms with van der Waals surface area (Å²) in [6, 6.07) is 13.4. The number of hydrogen-bond acceptors (Lipinski definition) is 4. The second kappa shape index (κ2) is 7.84. The molecule has 4 rings (SSSR count). The Bertz CT molecular complexity index is 923. The molecule has 2 N–H and O–H groups in total. The highest BCUT2D eigenvalue weighted by Crippen LogP contribution is 2.45. The van der Waals surface area contributed by atoms with E-state index in [4.69, 9.17) is 22.1 Å². The van der Waals surface area contributed by atoms with Gasteiger partial charge >= 0.3 is 0 Å². The summed E-state index contributed by atoms with van der Waals surface area (Å²) in [7, 11) is 1.64. The van der Waals surface area contributed by atoms with Crippen LogP contribution in [0.1, 0.15) is 32.8 Å². The molecule has 1 atom stereocenters. The lowest BCUT2D eigenvalue weighted by molar-refractivity contribution is -0.131. The molecule has 2 aliphatic heterocycles. The minimum Gasteiger partial charge on any atom is -0.493 e. The smallest absolute Gasteiger partial charge is 0.261 e. The van der Waals surface area contributed by atoms with E-state index in [0.717, 1.165) is 22.6 Å². The Morgan fingerprint density at radius 2 is 1.86 bits per heavy atom. The van der Waals surface area contributed by atoms with E-state index in [9.17, 15) is 4.79 Å². The monoisotopic (exact) mass is 399 g/mol. The van der Waals surface area contributed by atoms with Crippen molar-refractivity contribution in [3.63, 3.8) is 0 Å². The molecule has 0 radical (unpaired) electrons. The van der Waals surface area contributed by atoms with Crippen LogP contribution < -0.4 is 10.5 Å². The predicted molar refractivity (Wildman–Crippen MR) is 114 cm³/mol. The number of amides is 1. The van der Waals surface area contributed by atoms with Gasteiger partial charge in [0.25, 0.3) is 5.91 Å². The summed E-state index contributed by atoms with van der Waals surface area (Å²) in [6.07, 6.45) is 0.475. The molecule has 2 heterocycles. The molecule has 0 aliphatic carbocycles. The maximum Gasteiger partial charge on any atom is 0.261 e. The SMILES string of the molecule is CC(C)C.CN1C(=O)[C@]2(CCOc3ccc(-c4cccc(Cl)c4)cc32)N=C1N. The van der Waals surface area contributed by atoms with Crippen molar-refractivity contribution in [3.8, 4) is 16.9 Å². The molecule has 28 heavy (non-hydrogen) atoms. The maximum absolute atomic E-state index is 12.8. The molecular weight excluding hydrogens is 374 g/mol. The van der Waals surface area contributed by atoms with Crippen molar-refractivity contribution >= 4 is 23.5 Å². The van der Waals surface area contributed by atoms with Crippen LogP contribution in [-0.4, -0.2) is 30.4 Å². The molecule has 2 aliphatic rings. The normalized spacial score (nSPS) is 20.4. The van der Waals surface area contributed by atoms with Crippen molar-refractivity contribution in [1.29, 1.82) is 0 Å². The van der Waals surface area contributed by atoms with E-state index in [1.54, 1.807) is 7.05 Å². The number of rotatable bonds is 1. The van der Waals surface area contributed by atoms with Crippen molar-refractivity contribution < 1.29 is 9.53 Å². The minimum atomic E-state index is -0.985. The molecule has 1 spiro atoms. The third kappa shape index (κ3) is 3.72. The standard InChI is InChI=1S/C18H16ClN3O2.C4H10/c1-22-16(23)18(21-17(22)20)7-8-24-15-6-5-12(10-14(15)18)11-3-2-4-13(19)9-11;1-4(2)3/h2-6,9-10H,7-8H2,1H3,(H2,20,21);4H,1-3H3/t18-;/m1./s1. The van der Waals surface area contributed by atoms with Crippen LogP contribution in [0.15, 0.2) is 47.5 Å². The van der Waals surface area contributed by atoms with Crippen LogP contribution in [0.5, 0.6) is 5.75 Å².